The van der Waals surface area contributed by atoms with Crippen molar-refractivity contribution in [1.82, 2.24) is 5.43 Å². The van der Waals surface area contributed by atoms with E-state index in [-0.39, 0.29) is 6.04 Å². The van der Waals surface area contributed by atoms with Crippen molar-refractivity contribution in [3.8, 4) is 11.5 Å². The normalized spacial score (nSPS) is 12.5. The highest BCUT2D eigenvalue weighted by atomic mass is 32.1. The highest BCUT2D eigenvalue weighted by molar-refractivity contribution is 7.27. The Kier molecular flexibility index (Phi) is 4.12. The van der Waals surface area contributed by atoms with Crippen LogP contribution in [0.5, 0.6) is 11.5 Å². The highest BCUT2D eigenvalue weighted by Crippen LogP contribution is 2.39. The summed E-state index contributed by atoms with van der Waals surface area (Å²) in [5, 5.41) is 2.10. The van der Waals surface area contributed by atoms with E-state index >= 15 is 0 Å². The monoisotopic (exact) mass is 320 g/mol. The van der Waals surface area contributed by atoms with Gasteiger partial charge in [0.15, 0.2) is 0 Å². The second-order valence-electron chi connectivity index (χ2n) is 4.51. The fourth-order valence-electron chi connectivity index (χ4n) is 2.32. The smallest absolute Gasteiger partial charge is 0.124 e. The number of thiophene rings is 2. The fourth-order valence-corrected chi connectivity index (χ4v) is 4.52. The quantitative estimate of drug-likeness (QED) is 0.558. The van der Waals surface area contributed by atoms with Gasteiger partial charge in [-0.15, -0.1) is 22.7 Å². The Morgan fingerprint density at radius 3 is 2.62 bits per heavy atom. The number of hydrogen-bond donors (Lipinski definition) is 2. The largest absolute Gasteiger partial charge is 0.497 e. The minimum Gasteiger partial charge on any atom is -0.497 e. The van der Waals surface area contributed by atoms with Crippen molar-refractivity contribution in [3.63, 3.8) is 0 Å². The van der Waals surface area contributed by atoms with Crippen molar-refractivity contribution < 1.29 is 9.47 Å². The van der Waals surface area contributed by atoms with Crippen LogP contribution in [0.2, 0.25) is 0 Å². The van der Waals surface area contributed by atoms with Crippen molar-refractivity contribution >= 4 is 32.1 Å². The van der Waals surface area contributed by atoms with Gasteiger partial charge < -0.3 is 9.47 Å². The summed E-state index contributed by atoms with van der Waals surface area (Å²) in [6.45, 7) is 0. The third kappa shape index (κ3) is 2.63. The van der Waals surface area contributed by atoms with Gasteiger partial charge in [-0.3, -0.25) is 5.84 Å². The number of benzene rings is 1. The van der Waals surface area contributed by atoms with E-state index in [1.807, 2.05) is 18.2 Å². The molecule has 0 saturated heterocycles. The summed E-state index contributed by atoms with van der Waals surface area (Å²) >= 11 is 3.47. The molecule has 1 aromatic carbocycles. The summed E-state index contributed by atoms with van der Waals surface area (Å²) in [6.07, 6.45) is 0. The number of hydrogen-bond acceptors (Lipinski definition) is 6. The molecular weight excluding hydrogens is 304 g/mol. The molecule has 2 aromatic heterocycles. The molecule has 4 nitrogen and oxygen atoms in total. The summed E-state index contributed by atoms with van der Waals surface area (Å²) in [7, 11) is 3.31. The van der Waals surface area contributed by atoms with E-state index in [1.165, 1.54) is 9.40 Å². The van der Waals surface area contributed by atoms with Gasteiger partial charge >= 0.3 is 0 Å². The molecule has 2 heterocycles. The highest BCUT2D eigenvalue weighted by Gasteiger charge is 2.20. The van der Waals surface area contributed by atoms with E-state index in [0.717, 1.165) is 21.9 Å². The predicted octanol–water partition coefficient (Wildman–Crippen LogP) is 3.53. The van der Waals surface area contributed by atoms with Crippen LogP contribution in [0.25, 0.3) is 9.40 Å². The first-order valence-corrected chi connectivity index (χ1v) is 8.11. The van der Waals surface area contributed by atoms with Crippen molar-refractivity contribution in [3.05, 3.63) is 46.2 Å². The predicted molar refractivity (Wildman–Crippen MR) is 88.4 cm³/mol. The molecule has 1 atom stereocenters. The van der Waals surface area contributed by atoms with Crippen LogP contribution in [0.15, 0.2) is 35.7 Å². The molecule has 0 fully saturated rings. The number of ether oxygens (including phenoxy) is 2. The van der Waals surface area contributed by atoms with E-state index in [1.54, 1.807) is 36.9 Å². The number of nitrogens with two attached hydrogens (primary N) is 1. The standard InChI is InChI=1S/C15H16N2O2S2/c1-18-9-3-4-11(19-2)10(7-9)15(17-16)14-8-13-12(21-14)5-6-20-13/h3-8,15,17H,16H2,1-2H3. The Morgan fingerprint density at radius 2 is 1.95 bits per heavy atom. The molecule has 0 bridgehead atoms. The van der Waals surface area contributed by atoms with Gasteiger partial charge in [-0.05, 0) is 35.7 Å². The fraction of sp³-hybridized carbons (Fsp3) is 0.200. The molecule has 0 spiro atoms. The Hall–Kier alpha value is -1.60. The molecule has 3 N–H and O–H groups in total. The van der Waals surface area contributed by atoms with Gasteiger partial charge in [0.05, 0.1) is 20.3 Å². The van der Waals surface area contributed by atoms with Crippen LogP contribution in [-0.4, -0.2) is 14.2 Å². The van der Waals surface area contributed by atoms with Gasteiger partial charge in [0, 0.05) is 19.8 Å². The first-order valence-electron chi connectivity index (χ1n) is 6.41. The van der Waals surface area contributed by atoms with Gasteiger partial charge in [-0.1, -0.05) is 0 Å². The third-order valence-electron chi connectivity index (χ3n) is 3.36. The summed E-state index contributed by atoms with van der Waals surface area (Å²) in [5.74, 6) is 7.38. The molecule has 110 valence electrons. The molecule has 21 heavy (non-hydrogen) atoms. The lowest BCUT2D eigenvalue weighted by atomic mass is 10.0. The SMILES string of the molecule is COc1ccc(OC)c(C(NN)c2cc3sccc3s2)c1. The zero-order valence-electron chi connectivity index (χ0n) is 11.8. The molecule has 0 aliphatic heterocycles. The summed E-state index contributed by atoms with van der Waals surface area (Å²) in [5.41, 5.74) is 3.86. The maximum absolute atomic E-state index is 5.81. The summed E-state index contributed by atoms with van der Waals surface area (Å²) in [4.78, 5) is 1.16. The van der Waals surface area contributed by atoms with Gasteiger partial charge in [0.1, 0.15) is 11.5 Å². The molecular formula is C15H16N2O2S2. The molecule has 0 amide bonds. The van der Waals surface area contributed by atoms with E-state index in [4.69, 9.17) is 15.3 Å². The second kappa shape index (κ2) is 6.03. The van der Waals surface area contributed by atoms with Crippen molar-refractivity contribution in [1.29, 1.82) is 0 Å². The Balaban J connectivity index is 2.08. The van der Waals surface area contributed by atoms with Crippen LogP contribution in [0.3, 0.4) is 0 Å². The number of fused-ring (bicyclic) bond motifs is 1. The van der Waals surface area contributed by atoms with Gasteiger partial charge in [0.25, 0.3) is 0 Å². The van der Waals surface area contributed by atoms with E-state index in [9.17, 15) is 0 Å². The van der Waals surface area contributed by atoms with Crippen molar-refractivity contribution in [2.75, 3.05) is 14.2 Å². The summed E-state index contributed by atoms with van der Waals surface area (Å²) in [6, 6.07) is 9.91. The average Bonchev–Trinajstić information content (AvgIpc) is 3.09. The zero-order valence-corrected chi connectivity index (χ0v) is 13.4. The van der Waals surface area contributed by atoms with Crippen LogP contribution in [0.1, 0.15) is 16.5 Å². The first-order chi connectivity index (χ1) is 10.3. The molecule has 0 aliphatic rings. The molecule has 0 radical (unpaired) electrons. The van der Waals surface area contributed by atoms with E-state index < -0.39 is 0 Å². The van der Waals surface area contributed by atoms with Crippen LogP contribution < -0.4 is 20.7 Å². The molecule has 3 aromatic rings. The summed E-state index contributed by atoms with van der Waals surface area (Å²) < 4.78 is 13.3. The maximum atomic E-state index is 5.81. The Bertz CT molecular complexity index is 723. The molecule has 0 aliphatic carbocycles. The van der Waals surface area contributed by atoms with Gasteiger partial charge in [-0.2, -0.15) is 0 Å². The molecule has 0 saturated carbocycles. The molecule has 1 unspecified atom stereocenters. The minimum atomic E-state index is -0.125. The third-order valence-corrected chi connectivity index (χ3v) is 5.52. The number of methoxy groups -OCH3 is 2. The van der Waals surface area contributed by atoms with Crippen LogP contribution in [0.4, 0.5) is 0 Å². The van der Waals surface area contributed by atoms with E-state index in [0.29, 0.717) is 0 Å². The molecule has 6 heteroatoms. The van der Waals surface area contributed by atoms with Crippen LogP contribution >= 0.6 is 22.7 Å². The second-order valence-corrected chi connectivity index (χ2v) is 6.57. The number of nitrogens with one attached hydrogen (secondary N) is 1. The topological polar surface area (TPSA) is 56.5 Å². The van der Waals surface area contributed by atoms with E-state index in [2.05, 4.69) is 22.9 Å². The number of rotatable bonds is 5. The van der Waals surface area contributed by atoms with Crippen molar-refractivity contribution in [2.24, 2.45) is 5.84 Å². The number of hydrazine groups is 1. The van der Waals surface area contributed by atoms with Crippen LogP contribution in [0, 0.1) is 0 Å². The lowest BCUT2D eigenvalue weighted by molar-refractivity contribution is 0.394. The zero-order chi connectivity index (χ0) is 14.8. The average molecular weight is 320 g/mol. The molecule has 3 rings (SSSR count). The van der Waals surface area contributed by atoms with Gasteiger partial charge in [-0.25, -0.2) is 5.43 Å². The van der Waals surface area contributed by atoms with Gasteiger partial charge in [0.2, 0.25) is 0 Å². The van der Waals surface area contributed by atoms with Crippen molar-refractivity contribution in [2.45, 2.75) is 6.04 Å². The maximum Gasteiger partial charge on any atom is 0.124 e. The first kappa shape index (κ1) is 14.3. The van der Waals surface area contributed by atoms with Crippen LogP contribution in [-0.2, 0) is 0 Å². The lowest BCUT2D eigenvalue weighted by Crippen LogP contribution is -2.28. The lowest BCUT2D eigenvalue weighted by Gasteiger charge is -2.18. The Labute approximate surface area is 131 Å². The minimum absolute atomic E-state index is 0.125. The Morgan fingerprint density at radius 1 is 1.10 bits per heavy atom.